The Morgan fingerprint density at radius 2 is 1.97 bits per heavy atom. The average Bonchev–Trinajstić information content (AvgIpc) is 3.29. The third-order valence-corrected chi connectivity index (χ3v) is 7.92. The molecule has 6 rings (SSSR count). The molecule has 9 nitrogen and oxygen atoms in total. The summed E-state index contributed by atoms with van der Waals surface area (Å²) in [5, 5.41) is 16.5. The molecule has 4 aliphatic heterocycles. The fraction of sp³-hybridized carbons (Fsp3) is 0.609. The molecule has 0 aliphatic carbocycles. The van der Waals surface area contributed by atoms with E-state index >= 15 is 0 Å². The van der Waals surface area contributed by atoms with Gasteiger partial charge in [0, 0.05) is 62.8 Å². The van der Waals surface area contributed by atoms with E-state index in [1.165, 1.54) is 24.2 Å². The topological polar surface area (TPSA) is 96.9 Å². The van der Waals surface area contributed by atoms with Crippen LogP contribution in [0.1, 0.15) is 28.2 Å². The lowest BCUT2D eigenvalue weighted by Gasteiger charge is -2.44. The van der Waals surface area contributed by atoms with Crippen molar-refractivity contribution < 1.29 is 9.90 Å². The molecule has 0 unspecified atom stereocenters. The predicted molar refractivity (Wildman–Crippen MR) is 131 cm³/mol. The van der Waals surface area contributed by atoms with Crippen LogP contribution in [0.25, 0.3) is 0 Å². The van der Waals surface area contributed by atoms with Crippen molar-refractivity contribution in [3.63, 3.8) is 0 Å². The summed E-state index contributed by atoms with van der Waals surface area (Å²) in [4.78, 5) is 29.6. The van der Waals surface area contributed by atoms with Crippen molar-refractivity contribution in [2.45, 2.75) is 25.8 Å². The number of pyridine rings is 1. The van der Waals surface area contributed by atoms with Gasteiger partial charge in [-0.1, -0.05) is 11.3 Å². The van der Waals surface area contributed by atoms with Crippen LogP contribution in [0.5, 0.6) is 0 Å². The first-order chi connectivity index (χ1) is 16.1. The molecule has 2 bridgehead atoms. The van der Waals surface area contributed by atoms with Crippen molar-refractivity contribution >= 4 is 33.9 Å². The number of fused-ring (bicyclic) bond motifs is 3. The van der Waals surface area contributed by atoms with E-state index in [9.17, 15) is 4.79 Å². The third-order valence-electron chi connectivity index (χ3n) is 7.01. The van der Waals surface area contributed by atoms with E-state index in [1.807, 2.05) is 19.1 Å². The number of hydrogen-bond acceptors (Lipinski definition) is 9. The highest BCUT2D eigenvalue weighted by atomic mass is 32.1. The second kappa shape index (κ2) is 9.92. The number of nitrogens with one attached hydrogen (secondary N) is 2. The second-order valence-electron chi connectivity index (χ2n) is 9.28. The lowest BCUT2D eigenvalue weighted by atomic mass is 9.84. The molecule has 4 aliphatic rings. The molecule has 4 saturated heterocycles. The number of aromatic nitrogens is 2. The molecular weight excluding hydrogens is 438 g/mol. The number of aliphatic hydroxyl groups is 1. The second-order valence-corrected chi connectivity index (χ2v) is 10.3. The van der Waals surface area contributed by atoms with Crippen molar-refractivity contribution in [1.29, 1.82) is 0 Å². The molecule has 2 aromatic rings. The molecule has 3 N–H and O–H groups in total. The van der Waals surface area contributed by atoms with E-state index in [4.69, 9.17) is 10.1 Å². The Labute approximate surface area is 198 Å². The summed E-state index contributed by atoms with van der Waals surface area (Å²) in [5.41, 5.74) is 1.86. The van der Waals surface area contributed by atoms with E-state index in [-0.39, 0.29) is 18.6 Å². The molecule has 1 amide bonds. The monoisotopic (exact) mass is 471 g/mol. The first-order valence-electron chi connectivity index (χ1n) is 11.9. The van der Waals surface area contributed by atoms with Crippen LogP contribution < -0.4 is 15.5 Å². The summed E-state index contributed by atoms with van der Waals surface area (Å²) in [6, 6.07) is 4.30. The molecule has 2 aromatic heterocycles. The van der Waals surface area contributed by atoms with Gasteiger partial charge in [-0.05, 0) is 44.8 Å². The number of thiazole rings is 1. The summed E-state index contributed by atoms with van der Waals surface area (Å²) in [7, 11) is 0. The molecule has 0 radical (unpaired) electrons. The molecule has 33 heavy (non-hydrogen) atoms. The number of β-amino-alcohol motifs (C(OH)–C–C–N with tert-alkyl or cyclic N) is 1. The van der Waals surface area contributed by atoms with Crippen molar-refractivity contribution in [3.8, 4) is 0 Å². The van der Waals surface area contributed by atoms with Gasteiger partial charge < -0.3 is 25.5 Å². The highest BCUT2D eigenvalue weighted by Crippen LogP contribution is 2.29. The van der Waals surface area contributed by atoms with Crippen LogP contribution in [-0.4, -0.2) is 95.8 Å². The maximum atomic E-state index is 12.8. The first-order valence-corrected chi connectivity index (χ1v) is 12.7. The Kier molecular flexibility index (Phi) is 6.77. The normalized spacial score (nSPS) is 25.3. The molecule has 4 fully saturated rings. The van der Waals surface area contributed by atoms with Crippen LogP contribution in [-0.2, 0) is 0 Å². The number of hydrogen-bond donors (Lipinski definition) is 3. The van der Waals surface area contributed by atoms with Crippen LogP contribution >= 0.6 is 11.3 Å². The van der Waals surface area contributed by atoms with Gasteiger partial charge in [-0.25, -0.2) is 9.97 Å². The van der Waals surface area contributed by atoms with Crippen LogP contribution in [0, 0.1) is 12.8 Å². The van der Waals surface area contributed by atoms with Gasteiger partial charge in [0.15, 0.2) is 5.13 Å². The number of amides is 1. The largest absolute Gasteiger partial charge is 0.395 e. The van der Waals surface area contributed by atoms with Crippen molar-refractivity contribution in [1.82, 2.24) is 25.1 Å². The fourth-order valence-corrected chi connectivity index (χ4v) is 5.90. The Hall–Kier alpha value is -2.27. The summed E-state index contributed by atoms with van der Waals surface area (Å²) in [6.45, 7) is 9.82. The summed E-state index contributed by atoms with van der Waals surface area (Å²) >= 11 is 1.39. The van der Waals surface area contributed by atoms with Gasteiger partial charge in [0.25, 0.3) is 5.91 Å². The quantitative estimate of drug-likeness (QED) is 0.560. The smallest absolute Gasteiger partial charge is 0.263 e. The van der Waals surface area contributed by atoms with Gasteiger partial charge in [-0.2, -0.15) is 0 Å². The molecule has 6 heterocycles. The van der Waals surface area contributed by atoms with Crippen molar-refractivity contribution in [3.05, 3.63) is 28.9 Å². The Balaban J connectivity index is 1.21. The molecule has 0 aromatic carbocycles. The van der Waals surface area contributed by atoms with E-state index in [0.29, 0.717) is 15.9 Å². The number of rotatable bonds is 7. The van der Waals surface area contributed by atoms with Crippen LogP contribution in [0.3, 0.4) is 0 Å². The zero-order valence-electron chi connectivity index (χ0n) is 19.2. The zero-order valence-corrected chi connectivity index (χ0v) is 20.0. The van der Waals surface area contributed by atoms with E-state index in [0.717, 1.165) is 69.6 Å². The molecule has 0 spiro atoms. The Morgan fingerprint density at radius 3 is 2.67 bits per heavy atom. The number of piperazine rings is 1. The zero-order chi connectivity index (χ0) is 22.8. The van der Waals surface area contributed by atoms with Gasteiger partial charge in [-0.15, -0.1) is 0 Å². The number of piperidine rings is 3. The molecular formula is C23H33N7O2S. The summed E-state index contributed by atoms with van der Waals surface area (Å²) < 4.78 is 0. The lowest BCUT2D eigenvalue weighted by Crippen LogP contribution is -2.57. The van der Waals surface area contributed by atoms with Crippen LogP contribution in [0.2, 0.25) is 0 Å². The predicted octanol–water partition coefficient (Wildman–Crippen LogP) is 1.53. The number of carbonyl (C=O) groups excluding carboxylic acids is 1. The molecule has 0 saturated carbocycles. The third kappa shape index (κ3) is 5.29. The number of anilines is 3. The number of carbonyl (C=O) groups is 1. The molecule has 10 heteroatoms. The number of aliphatic hydroxyl groups excluding tert-OH is 1. The van der Waals surface area contributed by atoms with Gasteiger partial charge >= 0.3 is 0 Å². The average molecular weight is 472 g/mol. The van der Waals surface area contributed by atoms with E-state index in [1.54, 1.807) is 6.20 Å². The van der Waals surface area contributed by atoms with Crippen molar-refractivity contribution in [2.75, 3.05) is 69.2 Å². The fourth-order valence-electron chi connectivity index (χ4n) is 5.16. The van der Waals surface area contributed by atoms with Crippen molar-refractivity contribution in [2.24, 2.45) is 5.92 Å². The minimum atomic E-state index is -0.0216. The highest BCUT2D eigenvalue weighted by molar-refractivity contribution is 7.17. The maximum Gasteiger partial charge on any atom is 0.263 e. The van der Waals surface area contributed by atoms with Gasteiger partial charge in [0.2, 0.25) is 0 Å². The molecule has 178 valence electrons. The number of nitrogens with zero attached hydrogens (tertiary/aromatic N) is 5. The van der Waals surface area contributed by atoms with Gasteiger partial charge in [0.1, 0.15) is 10.7 Å². The van der Waals surface area contributed by atoms with Gasteiger partial charge in [0.05, 0.1) is 12.8 Å². The highest BCUT2D eigenvalue weighted by Gasteiger charge is 2.35. The SMILES string of the molecule is Cc1cc(Nc2ncc(C(=O)N[C@H]3CN4CCC3CC4)s2)cc(N2CCN(CCO)CC2)n1. The van der Waals surface area contributed by atoms with E-state index < -0.39 is 0 Å². The minimum absolute atomic E-state index is 0.0216. The Bertz CT molecular complexity index is 967. The van der Waals surface area contributed by atoms with Crippen LogP contribution in [0.4, 0.5) is 16.6 Å². The standard InChI is InChI=1S/C23H33N7O2S/c1-16-12-18(13-21(25-16)30-8-6-28(7-9-30)10-11-31)26-23-24-14-20(33-23)22(32)27-19-15-29-4-2-17(19)3-5-29/h12-14,17,19,31H,2-11,15H2,1H3,(H,27,32)(H,24,25,26)/t19-/m0/s1. The van der Waals surface area contributed by atoms with E-state index in [2.05, 4.69) is 30.3 Å². The summed E-state index contributed by atoms with van der Waals surface area (Å²) in [5.74, 6) is 1.53. The number of aryl methyl sites for hydroxylation is 1. The molecule has 1 atom stereocenters. The van der Waals surface area contributed by atoms with Crippen LogP contribution in [0.15, 0.2) is 18.3 Å². The minimum Gasteiger partial charge on any atom is -0.395 e. The Morgan fingerprint density at radius 1 is 1.18 bits per heavy atom. The van der Waals surface area contributed by atoms with Gasteiger partial charge in [-0.3, -0.25) is 9.69 Å². The maximum absolute atomic E-state index is 12.8. The first kappa shape index (κ1) is 22.5. The lowest BCUT2D eigenvalue weighted by molar-refractivity contribution is 0.0622. The summed E-state index contributed by atoms with van der Waals surface area (Å²) in [6.07, 6.45) is 4.03.